The summed E-state index contributed by atoms with van der Waals surface area (Å²) >= 11 is 0. The van der Waals surface area contributed by atoms with Crippen LogP contribution in [0.15, 0.2) is 36.5 Å². The number of aliphatic hydroxyl groups is 2. The lowest BCUT2D eigenvalue weighted by atomic mass is 10.0. The van der Waals surface area contributed by atoms with Crippen LogP contribution in [0.4, 0.5) is 0 Å². The Kier molecular flexibility index (Phi) is 46.6. The maximum atomic E-state index is 13.2. The van der Waals surface area contributed by atoms with E-state index < -0.39 is 18.2 Å². The van der Waals surface area contributed by atoms with Gasteiger partial charge in [0.15, 0.2) is 0 Å². The van der Waals surface area contributed by atoms with E-state index in [0.29, 0.717) is 19.3 Å². The van der Waals surface area contributed by atoms with E-state index in [1.54, 1.807) is 0 Å². The van der Waals surface area contributed by atoms with Crippen LogP contribution in [0.1, 0.15) is 271 Å². The fourth-order valence-electron chi connectivity index (χ4n) is 7.95. The molecule has 3 unspecified atom stereocenters. The number of hydrogen-bond donors (Lipinski definition) is 3. The summed E-state index contributed by atoms with van der Waals surface area (Å²) in [7, 11) is 0. The first-order chi connectivity index (χ1) is 29.5. The van der Waals surface area contributed by atoms with Crippen molar-refractivity contribution in [3.05, 3.63) is 36.5 Å². The summed E-state index contributed by atoms with van der Waals surface area (Å²) in [5.74, 6) is -0.505. The molecule has 0 bridgehead atoms. The second-order valence-corrected chi connectivity index (χ2v) is 17.9. The summed E-state index contributed by atoms with van der Waals surface area (Å²) in [6.45, 7) is 6.46. The topological polar surface area (TPSA) is 95.9 Å². The zero-order valence-electron chi connectivity index (χ0n) is 40.1. The molecule has 3 N–H and O–H groups in total. The Labute approximate surface area is 373 Å². The van der Waals surface area contributed by atoms with Crippen LogP contribution in [0.3, 0.4) is 0 Å². The van der Waals surface area contributed by atoms with E-state index in [1.165, 1.54) is 148 Å². The standard InChI is InChI=1S/C54H101NO5/c1-4-7-10-13-16-19-22-25-26-27-29-32-35-38-41-44-47-54(59)60-50(45-42-39-36-33-30-28-23-20-17-14-11-8-5-2)48-53(58)55-51(49-56)52(57)46-43-40-37-34-31-24-21-18-15-12-9-6-3/h20,23,26-27,29,32,50-52,56-57H,4-19,21-22,24-25,28,30-31,33-49H2,1-3H3,(H,55,58)/b23-20-,27-26+,32-29+. The van der Waals surface area contributed by atoms with Gasteiger partial charge in [0.25, 0.3) is 0 Å². The van der Waals surface area contributed by atoms with Crippen molar-refractivity contribution in [3.8, 4) is 0 Å². The van der Waals surface area contributed by atoms with Gasteiger partial charge in [-0.3, -0.25) is 9.59 Å². The molecule has 0 aliphatic heterocycles. The minimum Gasteiger partial charge on any atom is -0.462 e. The van der Waals surface area contributed by atoms with E-state index in [0.717, 1.165) is 77.0 Å². The summed E-state index contributed by atoms with van der Waals surface area (Å²) in [5.41, 5.74) is 0. The van der Waals surface area contributed by atoms with Crippen molar-refractivity contribution in [2.45, 2.75) is 289 Å². The lowest BCUT2D eigenvalue weighted by Crippen LogP contribution is -2.46. The fourth-order valence-corrected chi connectivity index (χ4v) is 7.95. The molecule has 0 saturated carbocycles. The Morgan fingerprint density at radius 2 is 0.850 bits per heavy atom. The second kappa shape index (κ2) is 48.1. The Balaban J connectivity index is 4.61. The molecule has 6 nitrogen and oxygen atoms in total. The molecule has 0 aliphatic carbocycles. The molecule has 0 saturated heterocycles. The molecule has 0 aliphatic rings. The number of aliphatic hydroxyl groups excluding tert-OH is 2. The molecular formula is C54H101NO5. The molecule has 0 aromatic carbocycles. The highest BCUT2D eigenvalue weighted by molar-refractivity contribution is 5.77. The highest BCUT2D eigenvalue weighted by Gasteiger charge is 2.24. The lowest BCUT2D eigenvalue weighted by molar-refractivity contribution is -0.151. The number of nitrogens with one attached hydrogen (secondary N) is 1. The smallest absolute Gasteiger partial charge is 0.306 e. The molecule has 0 heterocycles. The van der Waals surface area contributed by atoms with Crippen LogP contribution in [0, 0.1) is 0 Å². The minimum atomic E-state index is -0.792. The molecule has 0 fully saturated rings. The Hall–Kier alpha value is -1.92. The van der Waals surface area contributed by atoms with E-state index in [-0.39, 0.29) is 24.9 Å². The largest absolute Gasteiger partial charge is 0.462 e. The fraction of sp³-hybridized carbons (Fsp3) is 0.852. The van der Waals surface area contributed by atoms with Crippen LogP contribution in [-0.4, -0.2) is 46.9 Å². The number of unbranched alkanes of at least 4 members (excludes halogenated alkanes) is 30. The maximum absolute atomic E-state index is 13.2. The van der Waals surface area contributed by atoms with Crippen LogP contribution in [0.2, 0.25) is 0 Å². The molecule has 1 amide bonds. The summed E-state index contributed by atoms with van der Waals surface area (Å²) in [6.07, 6.45) is 56.3. The van der Waals surface area contributed by atoms with Gasteiger partial charge in [0.1, 0.15) is 6.10 Å². The third-order valence-electron chi connectivity index (χ3n) is 12.0. The van der Waals surface area contributed by atoms with Crippen LogP contribution < -0.4 is 5.32 Å². The molecule has 60 heavy (non-hydrogen) atoms. The number of hydrogen-bond acceptors (Lipinski definition) is 5. The van der Waals surface area contributed by atoms with Crippen LogP contribution >= 0.6 is 0 Å². The molecular weight excluding hydrogens is 743 g/mol. The molecule has 0 rings (SSSR count). The van der Waals surface area contributed by atoms with E-state index >= 15 is 0 Å². The van der Waals surface area contributed by atoms with E-state index in [4.69, 9.17) is 4.74 Å². The molecule has 352 valence electrons. The third kappa shape index (κ3) is 42.8. The van der Waals surface area contributed by atoms with Crippen LogP contribution in [-0.2, 0) is 14.3 Å². The zero-order chi connectivity index (χ0) is 43.8. The van der Waals surface area contributed by atoms with E-state index in [9.17, 15) is 19.8 Å². The van der Waals surface area contributed by atoms with Gasteiger partial charge in [0, 0.05) is 6.42 Å². The second-order valence-electron chi connectivity index (χ2n) is 17.9. The average Bonchev–Trinajstić information content (AvgIpc) is 3.24. The highest BCUT2D eigenvalue weighted by Crippen LogP contribution is 2.18. The van der Waals surface area contributed by atoms with Gasteiger partial charge < -0.3 is 20.3 Å². The lowest BCUT2D eigenvalue weighted by Gasteiger charge is -2.24. The number of carbonyl (C=O) groups excluding carboxylic acids is 2. The van der Waals surface area contributed by atoms with Gasteiger partial charge in [-0.1, -0.05) is 218 Å². The Bertz CT molecular complexity index is 993. The predicted octanol–water partition coefficient (Wildman–Crippen LogP) is 15.7. The van der Waals surface area contributed by atoms with E-state index in [1.807, 2.05) is 0 Å². The number of ether oxygens (including phenoxy) is 1. The number of carbonyl (C=O) groups is 2. The first kappa shape index (κ1) is 58.1. The average molecular weight is 844 g/mol. The van der Waals surface area contributed by atoms with Crippen LogP contribution in [0.5, 0.6) is 0 Å². The van der Waals surface area contributed by atoms with Gasteiger partial charge in [-0.25, -0.2) is 0 Å². The first-order valence-electron chi connectivity index (χ1n) is 26.2. The van der Waals surface area contributed by atoms with Crippen molar-refractivity contribution in [3.63, 3.8) is 0 Å². The summed E-state index contributed by atoms with van der Waals surface area (Å²) in [6, 6.07) is -0.707. The van der Waals surface area contributed by atoms with Crippen molar-refractivity contribution >= 4 is 11.9 Å². The van der Waals surface area contributed by atoms with Gasteiger partial charge in [-0.2, -0.15) is 0 Å². The van der Waals surface area contributed by atoms with Crippen molar-refractivity contribution in [2.24, 2.45) is 0 Å². The number of amides is 1. The van der Waals surface area contributed by atoms with Gasteiger partial charge in [-0.15, -0.1) is 0 Å². The van der Waals surface area contributed by atoms with Crippen molar-refractivity contribution < 1.29 is 24.5 Å². The van der Waals surface area contributed by atoms with Gasteiger partial charge in [0.2, 0.25) is 5.91 Å². The molecule has 6 heteroatoms. The Morgan fingerprint density at radius 3 is 1.30 bits per heavy atom. The van der Waals surface area contributed by atoms with E-state index in [2.05, 4.69) is 62.5 Å². The summed E-state index contributed by atoms with van der Waals surface area (Å²) in [4.78, 5) is 26.1. The minimum absolute atomic E-state index is 0.0634. The van der Waals surface area contributed by atoms with Crippen molar-refractivity contribution in [2.75, 3.05) is 6.61 Å². The molecule has 3 atom stereocenters. The maximum Gasteiger partial charge on any atom is 0.306 e. The van der Waals surface area contributed by atoms with Crippen LogP contribution in [0.25, 0.3) is 0 Å². The molecule has 0 aromatic rings. The molecule has 0 radical (unpaired) electrons. The molecule has 0 spiro atoms. The Morgan fingerprint density at radius 1 is 0.483 bits per heavy atom. The van der Waals surface area contributed by atoms with Crippen molar-refractivity contribution in [1.82, 2.24) is 5.32 Å². The summed E-state index contributed by atoms with van der Waals surface area (Å²) < 4.78 is 5.92. The summed E-state index contributed by atoms with van der Waals surface area (Å²) in [5, 5.41) is 23.7. The first-order valence-corrected chi connectivity index (χ1v) is 26.2. The van der Waals surface area contributed by atoms with Gasteiger partial charge >= 0.3 is 5.97 Å². The molecule has 0 aromatic heterocycles. The monoisotopic (exact) mass is 844 g/mol. The highest BCUT2D eigenvalue weighted by atomic mass is 16.5. The predicted molar refractivity (Wildman–Crippen MR) is 259 cm³/mol. The van der Waals surface area contributed by atoms with Crippen molar-refractivity contribution in [1.29, 1.82) is 0 Å². The zero-order valence-corrected chi connectivity index (χ0v) is 40.1. The number of allylic oxidation sites excluding steroid dienone is 6. The normalized spacial score (nSPS) is 13.5. The number of rotatable bonds is 47. The SMILES string of the molecule is CCCCCC/C=C\CCCCCCCC(CC(=O)NC(CO)C(O)CCCCCCCCCCCCCC)OC(=O)CCCCC/C=C/C=C/CCCCCCCCC. The third-order valence-corrected chi connectivity index (χ3v) is 12.0. The number of esters is 1. The van der Waals surface area contributed by atoms with Gasteiger partial charge in [0.05, 0.1) is 25.2 Å². The quantitative estimate of drug-likeness (QED) is 0.0245. The van der Waals surface area contributed by atoms with Gasteiger partial charge in [-0.05, 0) is 77.0 Å².